The van der Waals surface area contributed by atoms with Crippen molar-refractivity contribution in [2.45, 2.75) is 25.1 Å². The van der Waals surface area contributed by atoms with Crippen LogP contribution in [-0.4, -0.2) is 29.2 Å². The molecule has 7 heteroatoms. The molecule has 0 saturated carbocycles. The summed E-state index contributed by atoms with van der Waals surface area (Å²) in [5.74, 6) is 0.131. The maximum Gasteiger partial charge on any atom is 0.434 e. The van der Waals surface area contributed by atoms with E-state index in [2.05, 4.69) is 15.3 Å². The van der Waals surface area contributed by atoms with Crippen molar-refractivity contribution in [3.63, 3.8) is 0 Å². The van der Waals surface area contributed by atoms with E-state index in [0.29, 0.717) is 12.7 Å². The molecular weight excluding hydrogens is 235 g/mol. The third kappa shape index (κ3) is 3.29. The maximum absolute atomic E-state index is 12.2. The van der Waals surface area contributed by atoms with Gasteiger partial charge in [0.2, 0.25) is 5.88 Å². The summed E-state index contributed by atoms with van der Waals surface area (Å²) < 4.78 is 42.1. The van der Waals surface area contributed by atoms with Crippen LogP contribution in [0.4, 0.5) is 13.2 Å². The van der Waals surface area contributed by atoms with Crippen LogP contribution in [0.1, 0.15) is 18.5 Å². The summed E-state index contributed by atoms with van der Waals surface area (Å²) in [6.07, 6.45) is -0.954. The molecule has 1 N–H and O–H groups in total. The first-order valence-electron chi connectivity index (χ1n) is 5.32. The van der Waals surface area contributed by atoms with E-state index >= 15 is 0 Å². The molecule has 1 saturated heterocycles. The summed E-state index contributed by atoms with van der Waals surface area (Å²) in [4.78, 5) is 6.89. The van der Waals surface area contributed by atoms with E-state index in [1.165, 1.54) is 0 Å². The molecule has 1 fully saturated rings. The third-order valence-corrected chi connectivity index (χ3v) is 2.46. The Morgan fingerprint density at radius 3 is 2.65 bits per heavy atom. The van der Waals surface area contributed by atoms with Gasteiger partial charge in [0.25, 0.3) is 0 Å². The topological polar surface area (TPSA) is 47.0 Å². The van der Waals surface area contributed by atoms with E-state index in [9.17, 15) is 13.2 Å². The molecule has 0 bridgehead atoms. The fraction of sp³-hybridized carbons (Fsp3) is 0.600. The van der Waals surface area contributed by atoms with Gasteiger partial charge >= 0.3 is 6.18 Å². The average molecular weight is 247 g/mol. The number of nitrogens with one attached hydrogen (secondary N) is 1. The molecule has 1 aromatic heterocycles. The van der Waals surface area contributed by atoms with Crippen LogP contribution in [0.2, 0.25) is 0 Å². The molecular formula is C10H12F3N3O. The molecule has 4 nitrogen and oxygen atoms in total. The van der Waals surface area contributed by atoms with Gasteiger partial charge in [-0.25, -0.2) is 9.97 Å². The molecule has 0 aromatic carbocycles. The summed E-state index contributed by atoms with van der Waals surface area (Å²) in [5, 5.41) is 3.14. The zero-order chi connectivity index (χ0) is 12.3. The van der Waals surface area contributed by atoms with E-state index in [1.807, 2.05) is 0 Å². The van der Waals surface area contributed by atoms with Crippen molar-refractivity contribution >= 4 is 0 Å². The number of nitrogens with zero attached hydrogens (tertiary/aromatic N) is 2. The van der Waals surface area contributed by atoms with Crippen molar-refractivity contribution in [1.82, 2.24) is 15.3 Å². The second kappa shape index (κ2) is 4.87. The normalized spacial score (nSPS) is 21.2. The number of ether oxygens (including phenoxy) is 1. The minimum atomic E-state index is -4.46. The Kier molecular flexibility index (Phi) is 3.46. The number of hydrogen-bond donors (Lipinski definition) is 1. The standard InChI is InChI=1S/C10H12F3N3O/c11-10(12,13)8-5-16-9(6-15-8)17-7-2-1-3-14-4-7/h5-7,14H,1-4H2. The molecule has 1 aromatic rings. The Bertz CT molecular complexity index is 360. The molecule has 1 aliphatic heterocycles. The number of piperidine rings is 1. The van der Waals surface area contributed by atoms with Gasteiger partial charge in [0.15, 0.2) is 5.69 Å². The molecule has 0 amide bonds. The van der Waals surface area contributed by atoms with Crippen LogP contribution in [0, 0.1) is 0 Å². The van der Waals surface area contributed by atoms with E-state index in [4.69, 9.17) is 4.74 Å². The largest absolute Gasteiger partial charge is 0.472 e. The first-order chi connectivity index (χ1) is 8.05. The van der Waals surface area contributed by atoms with Crippen molar-refractivity contribution in [3.8, 4) is 5.88 Å². The highest BCUT2D eigenvalue weighted by atomic mass is 19.4. The van der Waals surface area contributed by atoms with Gasteiger partial charge < -0.3 is 10.1 Å². The van der Waals surface area contributed by atoms with Crippen LogP contribution in [0.3, 0.4) is 0 Å². The zero-order valence-electron chi connectivity index (χ0n) is 9.00. The van der Waals surface area contributed by atoms with Gasteiger partial charge in [0.1, 0.15) is 6.10 Å². The molecule has 1 unspecified atom stereocenters. The van der Waals surface area contributed by atoms with Gasteiger partial charge in [-0.05, 0) is 19.4 Å². The Morgan fingerprint density at radius 1 is 1.29 bits per heavy atom. The molecule has 17 heavy (non-hydrogen) atoms. The zero-order valence-corrected chi connectivity index (χ0v) is 9.00. The summed E-state index contributed by atoms with van der Waals surface area (Å²) >= 11 is 0. The molecule has 0 aliphatic carbocycles. The number of rotatable bonds is 2. The van der Waals surface area contributed by atoms with Crippen molar-refractivity contribution in [2.75, 3.05) is 13.1 Å². The van der Waals surface area contributed by atoms with Crippen molar-refractivity contribution < 1.29 is 17.9 Å². The van der Waals surface area contributed by atoms with E-state index in [-0.39, 0.29) is 12.0 Å². The SMILES string of the molecule is FC(F)(F)c1cnc(OC2CCCNC2)cn1. The Balaban J connectivity index is 1.98. The van der Waals surface area contributed by atoms with Crippen LogP contribution in [0.5, 0.6) is 5.88 Å². The average Bonchev–Trinajstić information content (AvgIpc) is 2.30. The molecule has 94 valence electrons. The lowest BCUT2D eigenvalue weighted by Gasteiger charge is -2.23. The van der Waals surface area contributed by atoms with Gasteiger partial charge in [-0.2, -0.15) is 13.2 Å². The highest BCUT2D eigenvalue weighted by molar-refractivity contribution is 5.09. The first kappa shape index (κ1) is 12.1. The fourth-order valence-corrected chi connectivity index (χ4v) is 1.61. The van der Waals surface area contributed by atoms with Crippen LogP contribution < -0.4 is 10.1 Å². The maximum atomic E-state index is 12.2. The molecule has 1 atom stereocenters. The first-order valence-corrected chi connectivity index (χ1v) is 5.32. The van der Waals surface area contributed by atoms with Gasteiger partial charge in [-0.1, -0.05) is 0 Å². The van der Waals surface area contributed by atoms with Crippen molar-refractivity contribution in [1.29, 1.82) is 0 Å². The number of aromatic nitrogens is 2. The van der Waals surface area contributed by atoms with Crippen molar-refractivity contribution in [3.05, 3.63) is 18.1 Å². The quantitative estimate of drug-likeness (QED) is 0.862. The van der Waals surface area contributed by atoms with Crippen LogP contribution in [0.15, 0.2) is 12.4 Å². The summed E-state index contributed by atoms with van der Waals surface area (Å²) in [7, 11) is 0. The second-order valence-corrected chi connectivity index (χ2v) is 3.82. The number of alkyl halides is 3. The van der Waals surface area contributed by atoms with Gasteiger partial charge in [0.05, 0.1) is 12.4 Å². The second-order valence-electron chi connectivity index (χ2n) is 3.82. The highest BCUT2D eigenvalue weighted by Gasteiger charge is 2.32. The summed E-state index contributed by atoms with van der Waals surface area (Å²) in [5.41, 5.74) is -1.01. The molecule has 2 rings (SSSR count). The van der Waals surface area contributed by atoms with Gasteiger partial charge in [-0.15, -0.1) is 0 Å². The minimum Gasteiger partial charge on any atom is -0.472 e. The van der Waals surface area contributed by atoms with Gasteiger partial charge in [0, 0.05) is 6.54 Å². The highest BCUT2D eigenvalue weighted by Crippen LogP contribution is 2.27. The Morgan fingerprint density at radius 2 is 2.12 bits per heavy atom. The Hall–Kier alpha value is -1.37. The monoisotopic (exact) mass is 247 g/mol. The predicted molar refractivity (Wildman–Crippen MR) is 53.6 cm³/mol. The van der Waals surface area contributed by atoms with E-state index < -0.39 is 11.9 Å². The summed E-state index contributed by atoms with van der Waals surface area (Å²) in [6, 6.07) is 0. The number of hydrogen-bond acceptors (Lipinski definition) is 4. The smallest absolute Gasteiger partial charge is 0.434 e. The number of halogens is 3. The Labute approximate surface area is 96.2 Å². The lowest BCUT2D eigenvalue weighted by Crippen LogP contribution is -2.37. The lowest BCUT2D eigenvalue weighted by molar-refractivity contribution is -0.141. The van der Waals surface area contributed by atoms with E-state index in [1.54, 1.807) is 0 Å². The fourth-order valence-electron chi connectivity index (χ4n) is 1.61. The minimum absolute atomic E-state index is 0.0465. The van der Waals surface area contributed by atoms with Crippen LogP contribution in [-0.2, 0) is 6.18 Å². The third-order valence-electron chi connectivity index (χ3n) is 2.46. The van der Waals surface area contributed by atoms with Crippen LogP contribution in [0.25, 0.3) is 0 Å². The lowest BCUT2D eigenvalue weighted by atomic mass is 10.1. The van der Waals surface area contributed by atoms with Crippen LogP contribution >= 0.6 is 0 Å². The van der Waals surface area contributed by atoms with Gasteiger partial charge in [-0.3, -0.25) is 0 Å². The summed E-state index contributed by atoms with van der Waals surface area (Å²) in [6.45, 7) is 1.63. The molecule has 2 heterocycles. The van der Waals surface area contributed by atoms with Crippen molar-refractivity contribution in [2.24, 2.45) is 0 Å². The van der Waals surface area contributed by atoms with E-state index in [0.717, 1.165) is 25.6 Å². The molecule has 0 spiro atoms. The predicted octanol–water partition coefficient (Wildman–Crippen LogP) is 1.63. The molecule has 0 radical (unpaired) electrons. The molecule has 1 aliphatic rings.